The van der Waals surface area contributed by atoms with Crippen molar-refractivity contribution in [1.29, 1.82) is 0 Å². The van der Waals surface area contributed by atoms with Crippen LogP contribution in [0.1, 0.15) is 19.5 Å². The van der Waals surface area contributed by atoms with Gasteiger partial charge < -0.3 is 4.98 Å². The molecule has 7 heteroatoms. The molecule has 0 spiro atoms. The fourth-order valence-corrected chi connectivity index (χ4v) is 2.72. The Kier molecular flexibility index (Phi) is 4.93. The van der Waals surface area contributed by atoms with Crippen molar-refractivity contribution in [3.8, 4) is 11.4 Å². The molecule has 2 rings (SSSR count). The highest BCUT2D eigenvalue weighted by Crippen LogP contribution is 2.30. The highest BCUT2D eigenvalue weighted by atomic mass is 79.9. The third-order valence-corrected chi connectivity index (χ3v) is 4.42. The number of benzene rings is 1. The molecule has 0 fully saturated rings. The van der Waals surface area contributed by atoms with Crippen molar-refractivity contribution in [3.63, 3.8) is 0 Å². The van der Waals surface area contributed by atoms with Gasteiger partial charge in [-0.1, -0.05) is 13.8 Å². The summed E-state index contributed by atoms with van der Waals surface area (Å²) in [5.41, 5.74) is 0.524. The van der Waals surface area contributed by atoms with E-state index in [2.05, 4.69) is 41.8 Å². The minimum Gasteiger partial charge on any atom is -0.305 e. The van der Waals surface area contributed by atoms with E-state index < -0.39 is 11.6 Å². The first-order chi connectivity index (χ1) is 9.81. The Bertz CT molecular complexity index is 744. The molecule has 0 aliphatic heterocycles. The van der Waals surface area contributed by atoms with Crippen LogP contribution >= 0.6 is 31.9 Å². The number of nitrogens with zero attached hydrogens (tertiary/aromatic N) is 1. The molecule has 0 atom stereocenters. The quantitative estimate of drug-likeness (QED) is 0.744. The van der Waals surface area contributed by atoms with Crippen LogP contribution in [0.4, 0.5) is 8.78 Å². The summed E-state index contributed by atoms with van der Waals surface area (Å²) in [6, 6.07) is 2.37. The Morgan fingerprint density at radius 2 is 1.90 bits per heavy atom. The number of aromatic nitrogens is 2. The lowest BCUT2D eigenvalue weighted by molar-refractivity contribution is 0.504. The Hall–Kier alpha value is -1.08. The van der Waals surface area contributed by atoms with Crippen LogP contribution in [0.3, 0.4) is 0 Å². The second-order valence-electron chi connectivity index (χ2n) is 5.00. The largest absolute Gasteiger partial charge is 0.305 e. The summed E-state index contributed by atoms with van der Waals surface area (Å²) >= 11 is 6.21. The van der Waals surface area contributed by atoms with Crippen LogP contribution in [0, 0.1) is 17.6 Å². The van der Waals surface area contributed by atoms with Gasteiger partial charge in [0.25, 0.3) is 5.56 Å². The summed E-state index contributed by atoms with van der Waals surface area (Å²) in [6.45, 7) is 4.00. The average molecular weight is 422 g/mol. The number of rotatable bonds is 3. The maximum atomic E-state index is 13.6. The van der Waals surface area contributed by atoms with Crippen molar-refractivity contribution in [2.75, 3.05) is 0 Å². The molecule has 0 aliphatic rings. The van der Waals surface area contributed by atoms with E-state index in [0.29, 0.717) is 28.1 Å². The second-order valence-corrected chi connectivity index (χ2v) is 6.58. The molecule has 112 valence electrons. The molecule has 0 saturated heterocycles. The second kappa shape index (κ2) is 6.36. The minimum absolute atomic E-state index is 0.0662. The van der Waals surface area contributed by atoms with E-state index in [1.54, 1.807) is 0 Å². The van der Waals surface area contributed by atoms with E-state index >= 15 is 0 Å². The van der Waals surface area contributed by atoms with Gasteiger partial charge >= 0.3 is 0 Å². The number of aromatic amines is 1. The molecule has 0 amide bonds. The van der Waals surface area contributed by atoms with Gasteiger partial charge in [0.15, 0.2) is 11.6 Å². The summed E-state index contributed by atoms with van der Waals surface area (Å²) in [4.78, 5) is 18.9. The van der Waals surface area contributed by atoms with Crippen LogP contribution in [-0.2, 0) is 6.42 Å². The smallest absolute Gasteiger partial charge is 0.265 e. The number of nitrogens with one attached hydrogen (secondary N) is 1. The predicted octanol–water partition coefficient (Wildman–Crippen LogP) is 4.44. The Labute approximate surface area is 137 Å². The van der Waals surface area contributed by atoms with Crippen LogP contribution in [0.25, 0.3) is 11.4 Å². The van der Waals surface area contributed by atoms with Gasteiger partial charge in [0.1, 0.15) is 10.3 Å². The van der Waals surface area contributed by atoms with E-state index in [9.17, 15) is 13.6 Å². The van der Waals surface area contributed by atoms with Gasteiger partial charge in [-0.2, -0.15) is 0 Å². The van der Waals surface area contributed by atoms with Gasteiger partial charge in [-0.15, -0.1) is 0 Å². The molecule has 0 bridgehead atoms. The van der Waals surface area contributed by atoms with E-state index in [1.165, 1.54) is 6.07 Å². The van der Waals surface area contributed by atoms with Crippen molar-refractivity contribution in [2.24, 2.45) is 5.92 Å². The highest BCUT2D eigenvalue weighted by molar-refractivity contribution is 9.10. The van der Waals surface area contributed by atoms with Crippen molar-refractivity contribution < 1.29 is 8.78 Å². The first kappa shape index (κ1) is 16.3. The topological polar surface area (TPSA) is 45.8 Å². The van der Waals surface area contributed by atoms with Crippen molar-refractivity contribution >= 4 is 31.9 Å². The molecular weight excluding hydrogens is 410 g/mol. The van der Waals surface area contributed by atoms with Crippen LogP contribution in [0.15, 0.2) is 25.9 Å². The Balaban J connectivity index is 2.63. The van der Waals surface area contributed by atoms with E-state index in [4.69, 9.17) is 0 Å². The molecule has 2 aromatic rings. The van der Waals surface area contributed by atoms with E-state index in [-0.39, 0.29) is 15.9 Å². The van der Waals surface area contributed by atoms with Gasteiger partial charge in [-0.3, -0.25) is 4.79 Å². The van der Waals surface area contributed by atoms with Gasteiger partial charge in [-0.05, 0) is 56.3 Å². The summed E-state index contributed by atoms with van der Waals surface area (Å²) in [7, 11) is 0. The Morgan fingerprint density at radius 1 is 1.24 bits per heavy atom. The first-order valence-corrected chi connectivity index (χ1v) is 7.82. The van der Waals surface area contributed by atoms with Crippen LogP contribution in [-0.4, -0.2) is 9.97 Å². The average Bonchev–Trinajstić information content (AvgIpc) is 2.41. The maximum Gasteiger partial charge on any atom is 0.265 e. The number of H-pyrrole nitrogens is 1. The summed E-state index contributed by atoms with van der Waals surface area (Å²) < 4.78 is 27.1. The molecule has 3 nitrogen and oxygen atoms in total. The van der Waals surface area contributed by atoms with Crippen LogP contribution in [0.2, 0.25) is 0 Å². The fraction of sp³-hybridized carbons (Fsp3) is 0.286. The lowest BCUT2D eigenvalue weighted by Crippen LogP contribution is -2.15. The molecule has 1 aromatic carbocycles. The zero-order chi connectivity index (χ0) is 15.7. The van der Waals surface area contributed by atoms with Crippen molar-refractivity contribution in [1.82, 2.24) is 9.97 Å². The van der Waals surface area contributed by atoms with Crippen LogP contribution < -0.4 is 5.56 Å². The standard InChI is InChI=1S/C14H12Br2F2N2O/c1-6(2)5-9-11(16)14(21)20-13(19-9)7-3-4-8(17)12(18)10(7)15/h3-4,6H,5H2,1-2H3,(H,19,20,21). The van der Waals surface area contributed by atoms with Crippen molar-refractivity contribution in [3.05, 3.63) is 48.8 Å². The zero-order valence-corrected chi connectivity index (χ0v) is 14.5. The molecule has 1 heterocycles. The number of halogens is 4. The predicted molar refractivity (Wildman–Crippen MR) is 84.2 cm³/mol. The molecule has 1 N–H and O–H groups in total. The summed E-state index contributed by atoms with van der Waals surface area (Å²) in [5, 5.41) is 0. The third kappa shape index (κ3) is 3.40. The van der Waals surface area contributed by atoms with Crippen molar-refractivity contribution in [2.45, 2.75) is 20.3 Å². The molecule has 0 saturated carbocycles. The van der Waals surface area contributed by atoms with Crippen LogP contribution in [0.5, 0.6) is 0 Å². The lowest BCUT2D eigenvalue weighted by Gasteiger charge is -2.10. The fourth-order valence-electron chi connectivity index (χ4n) is 1.86. The number of hydrogen-bond donors (Lipinski definition) is 1. The van der Waals surface area contributed by atoms with Gasteiger partial charge in [0.2, 0.25) is 0 Å². The van der Waals surface area contributed by atoms with E-state index in [1.807, 2.05) is 13.8 Å². The first-order valence-electron chi connectivity index (χ1n) is 6.23. The maximum absolute atomic E-state index is 13.6. The Morgan fingerprint density at radius 3 is 2.52 bits per heavy atom. The molecule has 0 radical (unpaired) electrons. The van der Waals surface area contributed by atoms with E-state index in [0.717, 1.165) is 6.07 Å². The normalized spacial score (nSPS) is 11.2. The number of hydrogen-bond acceptors (Lipinski definition) is 2. The van der Waals surface area contributed by atoms with Gasteiger partial charge in [-0.25, -0.2) is 13.8 Å². The summed E-state index contributed by atoms with van der Waals surface area (Å²) in [6.07, 6.45) is 0.596. The molecule has 21 heavy (non-hydrogen) atoms. The lowest BCUT2D eigenvalue weighted by atomic mass is 10.1. The van der Waals surface area contributed by atoms with Gasteiger partial charge in [0, 0.05) is 5.56 Å². The monoisotopic (exact) mass is 420 g/mol. The molecule has 1 aromatic heterocycles. The summed E-state index contributed by atoms with van der Waals surface area (Å²) in [5.74, 6) is -1.47. The molecular formula is C14H12Br2F2N2O. The molecule has 0 unspecified atom stereocenters. The van der Waals surface area contributed by atoms with Gasteiger partial charge in [0.05, 0.1) is 10.2 Å². The zero-order valence-electron chi connectivity index (χ0n) is 11.3. The minimum atomic E-state index is -1.01. The third-order valence-electron chi connectivity index (χ3n) is 2.82. The highest BCUT2D eigenvalue weighted by Gasteiger charge is 2.17. The molecule has 0 aliphatic carbocycles. The SMILES string of the molecule is CC(C)Cc1nc(-c2ccc(F)c(F)c2Br)[nH]c(=O)c1Br.